The van der Waals surface area contributed by atoms with Crippen LogP contribution in [0.3, 0.4) is 0 Å². The van der Waals surface area contributed by atoms with Crippen LogP contribution in [0.4, 0.5) is 15.3 Å². The van der Waals surface area contributed by atoms with Gasteiger partial charge in [0.15, 0.2) is 0 Å². The molecule has 0 spiro atoms. The number of rotatable bonds is 4. The van der Waals surface area contributed by atoms with E-state index in [1.807, 2.05) is 45.0 Å². The summed E-state index contributed by atoms with van der Waals surface area (Å²) in [6.07, 6.45) is 0.841. The zero-order chi connectivity index (χ0) is 28.6. The van der Waals surface area contributed by atoms with Gasteiger partial charge in [-0.2, -0.15) is 0 Å². The van der Waals surface area contributed by atoms with E-state index in [0.29, 0.717) is 37.2 Å². The summed E-state index contributed by atoms with van der Waals surface area (Å²) in [7, 11) is 0. The van der Waals surface area contributed by atoms with Crippen LogP contribution >= 0.6 is 0 Å². The fourth-order valence-corrected chi connectivity index (χ4v) is 5.21. The second-order valence-electron chi connectivity index (χ2n) is 11.3. The Kier molecular flexibility index (Phi) is 7.22. The number of carbonyl (C=O) groups is 5. The minimum Gasteiger partial charge on any atom is -0.444 e. The molecule has 0 aliphatic carbocycles. The topological polar surface area (TPSA) is 137 Å². The van der Waals surface area contributed by atoms with Gasteiger partial charge in [-0.3, -0.25) is 19.7 Å². The first kappa shape index (κ1) is 27.2. The first-order chi connectivity index (χ1) is 19.0. The lowest BCUT2D eigenvalue weighted by atomic mass is 9.99. The number of carbonyl (C=O) groups excluding carboxylic acids is 5. The highest BCUT2D eigenvalue weighted by molar-refractivity contribution is 6.05. The summed E-state index contributed by atoms with van der Waals surface area (Å²) in [5, 5.41) is 8.00. The van der Waals surface area contributed by atoms with Crippen LogP contribution in [0.1, 0.15) is 66.2 Å². The Labute approximate surface area is 232 Å². The van der Waals surface area contributed by atoms with Crippen LogP contribution < -0.4 is 16.0 Å². The number of nitrogens with one attached hydrogen (secondary N) is 3. The largest absolute Gasteiger partial charge is 0.444 e. The van der Waals surface area contributed by atoms with Crippen LogP contribution in [-0.4, -0.2) is 57.8 Å². The zero-order valence-corrected chi connectivity index (χ0v) is 22.8. The van der Waals surface area contributed by atoms with Crippen molar-refractivity contribution in [1.82, 2.24) is 20.4 Å². The minimum atomic E-state index is -0.665. The van der Waals surface area contributed by atoms with Crippen molar-refractivity contribution in [3.63, 3.8) is 0 Å². The van der Waals surface area contributed by atoms with Gasteiger partial charge in [0.25, 0.3) is 5.91 Å². The third-order valence-electron chi connectivity index (χ3n) is 7.17. The molecule has 2 aromatic carbocycles. The number of nitrogens with zero attached hydrogens (tertiary/aromatic N) is 2. The predicted octanol–water partition coefficient (Wildman–Crippen LogP) is 3.06. The van der Waals surface area contributed by atoms with Gasteiger partial charge in [0, 0.05) is 43.9 Å². The summed E-state index contributed by atoms with van der Waals surface area (Å²) in [5.41, 5.74) is 4.32. The van der Waals surface area contributed by atoms with Gasteiger partial charge in [0.05, 0.1) is 0 Å². The number of urea groups is 1. The van der Waals surface area contributed by atoms with Crippen LogP contribution in [-0.2, 0) is 40.4 Å². The van der Waals surface area contributed by atoms with Gasteiger partial charge in [-0.05, 0) is 74.1 Å². The Morgan fingerprint density at radius 3 is 2.55 bits per heavy atom. The van der Waals surface area contributed by atoms with E-state index < -0.39 is 17.6 Å². The van der Waals surface area contributed by atoms with Gasteiger partial charge in [-0.1, -0.05) is 18.2 Å². The molecule has 5 rings (SSSR count). The van der Waals surface area contributed by atoms with Crippen LogP contribution in [0.2, 0.25) is 0 Å². The third-order valence-corrected chi connectivity index (χ3v) is 7.17. The van der Waals surface area contributed by atoms with E-state index in [1.54, 1.807) is 17.0 Å². The lowest BCUT2D eigenvalue weighted by Gasteiger charge is -2.31. The molecule has 11 heteroatoms. The number of anilines is 1. The molecule has 11 nitrogen and oxygen atoms in total. The molecule has 1 atom stereocenters. The Morgan fingerprint density at radius 1 is 1.00 bits per heavy atom. The number of piperidine rings is 1. The monoisotopic (exact) mass is 547 g/mol. The van der Waals surface area contributed by atoms with E-state index in [1.165, 1.54) is 4.90 Å². The van der Waals surface area contributed by atoms with E-state index in [4.69, 9.17) is 4.74 Å². The Hall–Kier alpha value is -4.41. The fraction of sp³-hybridized carbons (Fsp3) is 0.414. The maximum Gasteiger partial charge on any atom is 0.410 e. The van der Waals surface area contributed by atoms with E-state index in [9.17, 15) is 24.0 Å². The van der Waals surface area contributed by atoms with E-state index in [2.05, 4.69) is 16.0 Å². The molecular formula is C29H33N5O6. The first-order valence-electron chi connectivity index (χ1n) is 13.4. The molecule has 6 amide bonds. The second kappa shape index (κ2) is 10.6. The predicted molar refractivity (Wildman–Crippen MR) is 145 cm³/mol. The molecule has 0 bridgehead atoms. The van der Waals surface area contributed by atoms with Gasteiger partial charge in [0.2, 0.25) is 11.8 Å². The molecule has 3 N–H and O–H groups in total. The first-order valence-corrected chi connectivity index (χ1v) is 13.4. The van der Waals surface area contributed by atoms with Crippen LogP contribution in [0.15, 0.2) is 36.4 Å². The van der Waals surface area contributed by atoms with Crippen molar-refractivity contribution in [3.8, 4) is 0 Å². The molecule has 0 radical (unpaired) electrons. The number of hydrogen-bond donors (Lipinski definition) is 3. The highest BCUT2D eigenvalue weighted by atomic mass is 16.6. The summed E-state index contributed by atoms with van der Waals surface area (Å²) in [4.78, 5) is 64.8. The standard InChI is InChI=1S/C29H33N5O6/c1-29(2,3)40-28(39)33-11-10-18-13-21(6-5-19(18)15-33)31-27(38)30-14-17-4-7-22-20(12-17)16-34(26(22)37)23-8-9-24(35)32-25(23)36/h4-7,12-13,23H,8-11,14-16H2,1-3H3,(H2,30,31,38)(H,32,35,36). The molecule has 0 aromatic heterocycles. The smallest absolute Gasteiger partial charge is 0.410 e. The molecule has 1 unspecified atom stereocenters. The van der Waals surface area contributed by atoms with Crippen molar-refractivity contribution < 1.29 is 28.7 Å². The molecule has 3 aliphatic rings. The molecule has 1 fully saturated rings. The summed E-state index contributed by atoms with van der Waals surface area (Å²) >= 11 is 0. The SMILES string of the molecule is CC(C)(C)OC(=O)N1CCc2cc(NC(=O)NCc3ccc4c(c3)CN(C3CCC(=O)NC3=O)C4=O)ccc2C1. The molecule has 210 valence electrons. The third kappa shape index (κ3) is 5.93. The summed E-state index contributed by atoms with van der Waals surface area (Å²) in [6.45, 7) is 7.05. The molecule has 0 saturated carbocycles. The summed E-state index contributed by atoms with van der Waals surface area (Å²) < 4.78 is 5.48. The normalized spacial score (nSPS) is 18.6. The van der Waals surface area contributed by atoms with E-state index in [-0.39, 0.29) is 43.4 Å². The number of amides is 6. The van der Waals surface area contributed by atoms with Crippen molar-refractivity contribution in [3.05, 3.63) is 64.2 Å². The van der Waals surface area contributed by atoms with E-state index >= 15 is 0 Å². The summed E-state index contributed by atoms with van der Waals surface area (Å²) in [5.74, 6) is -1.00. The van der Waals surface area contributed by atoms with Gasteiger partial charge in [0.1, 0.15) is 11.6 Å². The number of ether oxygens (including phenoxy) is 1. The molecular weight excluding hydrogens is 514 g/mol. The second-order valence-corrected chi connectivity index (χ2v) is 11.3. The Bertz CT molecular complexity index is 1400. The highest BCUT2D eigenvalue weighted by Gasteiger charge is 2.39. The van der Waals surface area contributed by atoms with E-state index in [0.717, 1.165) is 22.3 Å². The van der Waals surface area contributed by atoms with Crippen LogP contribution in [0.25, 0.3) is 0 Å². The minimum absolute atomic E-state index is 0.204. The number of benzene rings is 2. The molecule has 1 saturated heterocycles. The van der Waals surface area contributed by atoms with Gasteiger partial charge >= 0.3 is 12.1 Å². The number of hydrogen-bond acceptors (Lipinski definition) is 6. The quantitative estimate of drug-likeness (QED) is 0.503. The van der Waals surface area contributed by atoms with Crippen LogP contribution in [0, 0.1) is 0 Å². The van der Waals surface area contributed by atoms with Crippen molar-refractivity contribution in [2.24, 2.45) is 0 Å². The van der Waals surface area contributed by atoms with Crippen molar-refractivity contribution in [2.75, 3.05) is 11.9 Å². The Balaban J connectivity index is 1.14. The maximum atomic E-state index is 12.9. The molecule has 2 aromatic rings. The fourth-order valence-electron chi connectivity index (χ4n) is 5.21. The number of imide groups is 1. The average Bonchev–Trinajstić information content (AvgIpc) is 3.21. The Morgan fingerprint density at radius 2 is 1.80 bits per heavy atom. The lowest BCUT2D eigenvalue weighted by molar-refractivity contribution is -0.136. The van der Waals surface area contributed by atoms with Gasteiger partial charge in [-0.15, -0.1) is 0 Å². The molecule has 3 aliphatic heterocycles. The summed E-state index contributed by atoms with van der Waals surface area (Å²) in [6, 6.07) is 9.95. The van der Waals surface area contributed by atoms with Crippen molar-refractivity contribution in [1.29, 1.82) is 0 Å². The van der Waals surface area contributed by atoms with Gasteiger partial charge in [-0.25, -0.2) is 9.59 Å². The highest BCUT2D eigenvalue weighted by Crippen LogP contribution is 2.28. The maximum absolute atomic E-state index is 12.9. The average molecular weight is 548 g/mol. The number of fused-ring (bicyclic) bond motifs is 2. The zero-order valence-electron chi connectivity index (χ0n) is 22.8. The van der Waals surface area contributed by atoms with Crippen molar-refractivity contribution in [2.45, 2.75) is 71.3 Å². The lowest BCUT2D eigenvalue weighted by Crippen LogP contribution is -2.52. The molecule has 3 heterocycles. The van der Waals surface area contributed by atoms with Gasteiger partial charge < -0.3 is 25.2 Å². The van der Waals surface area contributed by atoms with Crippen LogP contribution in [0.5, 0.6) is 0 Å². The van der Waals surface area contributed by atoms with Crippen molar-refractivity contribution >= 4 is 35.5 Å². The molecule has 40 heavy (non-hydrogen) atoms.